The molecule has 4 N–H and O–H groups in total. The molecule has 1 heterocycles. The number of fused-ring (bicyclic) bond motifs is 1. The maximum absolute atomic E-state index is 11.9. The van der Waals surface area contributed by atoms with Crippen LogP contribution in [0, 0.1) is 0 Å². The molecule has 0 radical (unpaired) electrons. The summed E-state index contributed by atoms with van der Waals surface area (Å²) < 4.78 is 0. The molecule has 124 valence electrons. The Balaban J connectivity index is 1.80. The molecule has 6 nitrogen and oxygen atoms in total. The molecular weight excluding hydrogens is 292 g/mol. The van der Waals surface area contributed by atoms with Gasteiger partial charge in [-0.05, 0) is 29.8 Å². The molecule has 0 bridgehead atoms. The van der Waals surface area contributed by atoms with Crippen LogP contribution in [0.5, 0.6) is 0 Å². The molecule has 2 rings (SSSR count). The second-order valence-electron chi connectivity index (χ2n) is 5.59. The minimum atomic E-state index is -0.621. The van der Waals surface area contributed by atoms with Crippen molar-refractivity contribution in [2.45, 2.75) is 19.1 Å². The summed E-state index contributed by atoms with van der Waals surface area (Å²) in [5, 5.41) is 12.8. The standard InChI is InChI=1S/C17H24N4O2/c1-19-16(6-8-18)17(23)20-10-15(22)12-21-9-7-13-4-2-3-5-14(13)11-21/h2-6,8,15,22H,7,9-12,18H2,1H3,(H,20,23)/b8-6-,19-16?. The van der Waals surface area contributed by atoms with Gasteiger partial charge < -0.3 is 16.2 Å². The average Bonchev–Trinajstić information content (AvgIpc) is 2.57. The van der Waals surface area contributed by atoms with E-state index in [-0.39, 0.29) is 18.2 Å². The lowest BCUT2D eigenvalue weighted by molar-refractivity contribution is -0.115. The zero-order valence-electron chi connectivity index (χ0n) is 13.4. The summed E-state index contributed by atoms with van der Waals surface area (Å²) in [4.78, 5) is 17.9. The van der Waals surface area contributed by atoms with Gasteiger partial charge in [-0.2, -0.15) is 0 Å². The number of nitrogens with one attached hydrogen (secondary N) is 1. The number of carbonyl (C=O) groups is 1. The van der Waals surface area contributed by atoms with Gasteiger partial charge in [0, 0.05) is 33.2 Å². The fraction of sp³-hybridized carbons (Fsp3) is 0.412. The summed E-state index contributed by atoms with van der Waals surface area (Å²) in [6, 6.07) is 8.37. The molecule has 1 aliphatic heterocycles. The predicted octanol–water partition coefficient (Wildman–Crippen LogP) is 0.0650. The highest BCUT2D eigenvalue weighted by molar-refractivity contribution is 6.43. The largest absolute Gasteiger partial charge is 0.405 e. The molecule has 0 saturated heterocycles. The van der Waals surface area contributed by atoms with Gasteiger partial charge in [0.05, 0.1) is 6.10 Å². The van der Waals surface area contributed by atoms with Crippen LogP contribution in [0.25, 0.3) is 0 Å². The smallest absolute Gasteiger partial charge is 0.269 e. The quantitative estimate of drug-likeness (QED) is 0.648. The molecule has 1 amide bonds. The van der Waals surface area contributed by atoms with Crippen LogP contribution < -0.4 is 11.1 Å². The van der Waals surface area contributed by atoms with Gasteiger partial charge in [0.1, 0.15) is 5.71 Å². The number of hydrogen-bond acceptors (Lipinski definition) is 5. The van der Waals surface area contributed by atoms with Crippen molar-refractivity contribution >= 4 is 11.6 Å². The van der Waals surface area contributed by atoms with Gasteiger partial charge in [0.25, 0.3) is 5.91 Å². The van der Waals surface area contributed by atoms with Crippen molar-refractivity contribution in [2.75, 3.05) is 26.7 Å². The fourth-order valence-corrected chi connectivity index (χ4v) is 2.72. The minimum Gasteiger partial charge on any atom is -0.405 e. The number of benzene rings is 1. The molecular formula is C17H24N4O2. The number of amides is 1. The predicted molar refractivity (Wildman–Crippen MR) is 91.1 cm³/mol. The van der Waals surface area contributed by atoms with Crippen molar-refractivity contribution in [2.24, 2.45) is 10.7 Å². The number of nitrogens with two attached hydrogens (primary N) is 1. The summed E-state index contributed by atoms with van der Waals surface area (Å²) >= 11 is 0. The lowest BCUT2D eigenvalue weighted by Gasteiger charge is -2.30. The monoisotopic (exact) mass is 316 g/mol. The summed E-state index contributed by atoms with van der Waals surface area (Å²) in [5.41, 5.74) is 8.19. The Hall–Kier alpha value is -2.18. The van der Waals surface area contributed by atoms with Crippen molar-refractivity contribution in [1.82, 2.24) is 10.2 Å². The summed E-state index contributed by atoms with van der Waals surface area (Å²) in [5.74, 6) is -0.336. The molecule has 0 saturated carbocycles. The highest BCUT2D eigenvalue weighted by Gasteiger charge is 2.19. The number of carbonyl (C=O) groups excluding carboxylic acids is 1. The van der Waals surface area contributed by atoms with E-state index in [0.29, 0.717) is 6.54 Å². The lowest BCUT2D eigenvalue weighted by atomic mass is 10.00. The molecule has 0 aromatic heterocycles. The molecule has 1 aromatic carbocycles. The Morgan fingerprint density at radius 1 is 1.48 bits per heavy atom. The van der Waals surface area contributed by atoms with Gasteiger partial charge in [-0.3, -0.25) is 14.7 Å². The number of aliphatic hydroxyl groups is 1. The van der Waals surface area contributed by atoms with Gasteiger partial charge in [-0.25, -0.2) is 0 Å². The van der Waals surface area contributed by atoms with Gasteiger partial charge in [0.15, 0.2) is 0 Å². The first kappa shape index (κ1) is 17.2. The number of aliphatic hydroxyl groups excluding tert-OH is 1. The summed E-state index contributed by atoms with van der Waals surface area (Å²) in [6.45, 7) is 2.46. The number of rotatable bonds is 6. The first-order valence-electron chi connectivity index (χ1n) is 7.74. The Labute approximate surface area is 136 Å². The van der Waals surface area contributed by atoms with Crippen LogP contribution in [-0.2, 0) is 17.8 Å². The molecule has 1 aliphatic rings. The number of nitrogens with zero attached hydrogens (tertiary/aromatic N) is 2. The van der Waals surface area contributed by atoms with E-state index < -0.39 is 6.10 Å². The van der Waals surface area contributed by atoms with Crippen molar-refractivity contribution < 1.29 is 9.90 Å². The third-order valence-corrected chi connectivity index (χ3v) is 3.90. The van der Waals surface area contributed by atoms with Crippen molar-refractivity contribution in [3.05, 3.63) is 47.7 Å². The van der Waals surface area contributed by atoms with E-state index in [4.69, 9.17) is 5.73 Å². The van der Waals surface area contributed by atoms with E-state index in [1.54, 1.807) is 0 Å². The van der Waals surface area contributed by atoms with Crippen LogP contribution in [0.15, 0.2) is 41.5 Å². The normalized spacial score (nSPS) is 17.0. The van der Waals surface area contributed by atoms with Gasteiger partial charge in [0.2, 0.25) is 0 Å². The van der Waals surface area contributed by atoms with Gasteiger partial charge in [-0.15, -0.1) is 0 Å². The van der Waals surface area contributed by atoms with E-state index >= 15 is 0 Å². The minimum absolute atomic E-state index is 0.189. The number of hydrogen-bond donors (Lipinski definition) is 3. The number of aliphatic imine (C=N–C) groups is 1. The number of β-amino-alcohol motifs (C(OH)–C–C–N with tert-alkyl or cyclic N) is 1. The Kier molecular flexibility index (Phi) is 6.31. The van der Waals surface area contributed by atoms with Crippen molar-refractivity contribution in [3.63, 3.8) is 0 Å². The first-order valence-corrected chi connectivity index (χ1v) is 7.74. The van der Waals surface area contributed by atoms with Crippen LogP contribution in [0.4, 0.5) is 0 Å². The van der Waals surface area contributed by atoms with Crippen LogP contribution in [-0.4, -0.2) is 54.4 Å². The molecule has 1 atom stereocenters. The zero-order valence-corrected chi connectivity index (χ0v) is 13.4. The topological polar surface area (TPSA) is 90.9 Å². The summed E-state index contributed by atoms with van der Waals surface area (Å²) in [7, 11) is 1.52. The SMILES string of the molecule is CN=C(/C=C\N)C(=O)NCC(O)CN1CCc2ccccc2C1. The Morgan fingerprint density at radius 2 is 2.22 bits per heavy atom. The highest BCUT2D eigenvalue weighted by atomic mass is 16.3. The molecule has 0 aliphatic carbocycles. The van der Waals surface area contributed by atoms with Crippen LogP contribution in [0.2, 0.25) is 0 Å². The fourth-order valence-electron chi connectivity index (χ4n) is 2.72. The molecule has 0 fully saturated rings. The van der Waals surface area contributed by atoms with Gasteiger partial charge >= 0.3 is 0 Å². The average molecular weight is 316 g/mol. The second-order valence-corrected chi connectivity index (χ2v) is 5.59. The molecule has 23 heavy (non-hydrogen) atoms. The van der Waals surface area contributed by atoms with Crippen LogP contribution in [0.3, 0.4) is 0 Å². The summed E-state index contributed by atoms with van der Waals surface area (Å²) in [6.07, 6.45) is 3.07. The van der Waals surface area contributed by atoms with E-state index in [1.807, 2.05) is 6.07 Å². The zero-order chi connectivity index (χ0) is 16.7. The third-order valence-electron chi connectivity index (χ3n) is 3.90. The molecule has 6 heteroatoms. The van der Waals surface area contributed by atoms with E-state index in [9.17, 15) is 9.90 Å². The molecule has 0 spiro atoms. The van der Waals surface area contributed by atoms with E-state index in [2.05, 4.69) is 33.4 Å². The molecule has 1 aromatic rings. The highest BCUT2D eigenvalue weighted by Crippen LogP contribution is 2.18. The van der Waals surface area contributed by atoms with Crippen molar-refractivity contribution in [3.8, 4) is 0 Å². The van der Waals surface area contributed by atoms with Crippen LogP contribution >= 0.6 is 0 Å². The maximum atomic E-state index is 11.9. The lowest BCUT2D eigenvalue weighted by Crippen LogP contribution is -2.43. The third kappa shape index (κ3) is 4.91. The van der Waals surface area contributed by atoms with E-state index in [0.717, 1.165) is 19.5 Å². The van der Waals surface area contributed by atoms with Crippen LogP contribution in [0.1, 0.15) is 11.1 Å². The Morgan fingerprint density at radius 3 is 2.91 bits per heavy atom. The van der Waals surface area contributed by atoms with E-state index in [1.165, 1.54) is 30.5 Å². The van der Waals surface area contributed by atoms with Gasteiger partial charge in [-0.1, -0.05) is 24.3 Å². The Bertz CT molecular complexity index is 598. The molecule has 1 unspecified atom stereocenters. The second kappa shape index (κ2) is 8.45. The maximum Gasteiger partial charge on any atom is 0.269 e. The van der Waals surface area contributed by atoms with Crippen molar-refractivity contribution in [1.29, 1.82) is 0 Å². The first-order chi connectivity index (χ1) is 11.1.